The molecule has 0 saturated carbocycles. The summed E-state index contributed by atoms with van der Waals surface area (Å²) in [6, 6.07) is 4.88. The van der Waals surface area contributed by atoms with Gasteiger partial charge in [-0.3, -0.25) is 0 Å². The van der Waals surface area contributed by atoms with E-state index in [0.717, 1.165) is 0 Å². The third-order valence-electron chi connectivity index (χ3n) is 2.07. The van der Waals surface area contributed by atoms with Crippen molar-refractivity contribution in [2.24, 2.45) is 7.05 Å². The fourth-order valence-corrected chi connectivity index (χ4v) is 1.44. The molecule has 68 valence electrons. The van der Waals surface area contributed by atoms with Gasteiger partial charge in [0.2, 0.25) is 5.95 Å². The second-order valence-electron chi connectivity index (χ2n) is 2.85. The molecular weight excluding hydrogens is 169 g/mol. The van der Waals surface area contributed by atoms with E-state index in [1.54, 1.807) is 30.8 Å². The number of hydrogen-bond acceptors (Lipinski definition) is 2. The largest absolute Gasteiger partial charge is 0.359 e. The Morgan fingerprint density at radius 2 is 2.23 bits per heavy atom. The number of aryl methyl sites for hydroxylation is 1. The molecule has 4 heteroatoms. The lowest BCUT2D eigenvalue weighted by Crippen LogP contribution is -1.98. The average molecular weight is 179 g/mol. The van der Waals surface area contributed by atoms with Crippen LogP contribution in [0.3, 0.4) is 0 Å². The van der Waals surface area contributed by atoms with Crippen molar-refractivity contribution in [1.82, 2.24) is 9.55 Å². The van der Waals surface area contributed by atoms with Crippen molar-refractivity contribution >= 4 is 17.0 Å². The highest BCUT2D eigenvalue weighted by molar-refractivity contribution is 5.79. The van der Waals surface area contributed by atoms with E-state index in [-0.39, 0.29) is 5.82 Å². The van der Waals surface area contributed by atoms with Crippen LogP contribution >= 0.6 is 0 Å². The van der Waals surface area contributed by atoms with Gasteiger partial charge < -0.3 is 9.88 Å². The molecule has 0 spiro atoms. The van der Waals surface area contributed by atoms with Crippen LogP contribution in [0.4, 0.5) is 10.3 Å². The summed E-state index contributed by atoms with van der Waals surface area (Å²) in [6.07, 6.45) is 0. The van der Waals surface area contributed by atoms with Gasteiger partial charge in [0.05, 0.1) is 5.52 Å². The Morgan fingerprint density at radius 1 is 1.46 bits per heavy atom. The molecule has 1 aromatic carbocycles. The van der Waals surface area contributed by atoms with E-state index in [2.05, 4.69) is 10.3 Å². The number of hydrogen-bond donors (Lipinski definition) is 1. The van der Waals surface area contributed by atoms with Crippen LogP contribution in [0, 0.1) is 5.82 Å². The maximum absolute atomic E-state index is 13.3. The number of para-hydroxylation sites is 1. The zero-order chi connectivity index (χ0) is 9.42. The van der Waals surface area contributed by atoms with Gasteiger partial charge >= 0.3 is 0 Å². The summed E-state index contributed by atoms with van der Waals surface area (Å²) in [4.78, 5) is 4.20. The molecule has 2 rings (SSSR count). The SMILES string of the molecule is CNc1nc2cccc(F)c2n1C. The van der Waals surface area contributed by atoms with Crippen LogP contribution in [0.25, 0.3) is 11.0 Å². The Bertz CT molecular complexity index is 447. The standard InChI is InChI=1S/C9H10FN3/c1-11-9-12-7-5-3-4-6(10)8(7)13(9)2/h3-5H,1-2H3,(H,11,12). The normalized spacial score (nSPS) is 10.7. The van der Waals surface area contributed by atoms with E-state index in [9.17, 15) is 4.39 Å². The van der Waals surface area contributed by atoms with Crippen LogP contribution in [0.15, 0.2) is 18.2 Å². The van der Waals surface area contributed by atoms with Crippen LogP contribution in [-0.4, -0.2) is 16.6 Å². The van der Waals surface area contributed by atoms with Crippen LogP contribution in [0.2, 0.25) is 0 Å². The van der Waals surface area contributed by atoms with Crippen LogP contribution < -0.4 is 5.32 Å². The molecule has 1 aromatic heterocycles. The van der Waals surface area contributed by atoms with E-state index >= 15 is 0 Å². The molecule has 0 saturated heterocycles. The number of imidazole rings is 1. The van der Waals surface area contributed by atoms with Crippen LogP contribution in [0.1, 0.15) is 0 Å². The van der Waals surface area contributed by atoms with Gasteiger partial charge in [0.15, 0.2) is 0 Å². The molecule has 0 aliphatic carbocycles. The van der Waals surface area contributed by atoms with Crippen molar-refractivity contribution < 1.29 is 4.39 Å². The number of halogens is 1. The van der Waals surface area contributed by atoms with Crippen molar-refractivity contribution in [3.63, 3.8) is 0 Å². The summed E-state index contributed by atoms with van der Waals surface area (Å²) in [5.41, 5.74) is 1.21. The Hall–Kier alpha value is -1.58. The number of nitrogens with zero attached hydrogens (tertiary/aromatic N) is 2. The predicted octanol–water partition coefficient (Wildman–Crippen LogP) is 1.75. The molecule has 1 N–H and O–H groups in total. The number of rotatable bonds is 1. The minimum absolute atomic E-state index is 0.242. The molecule has 2 aromatic rings. The van der Waals surface area contributed by atoms with Crippen molar-refractivity contribution in [2.45, 2.75) is 0 Å². The molecule has 0 fully saturated rings. The van der Waals surface area contributed by atoms with Crippen LogP contribution in [-0.2, 0) is 7.05 Å². The van der Waals surface area contributed by atoms with Gasteiger partial charge in [-0.1, -0.05) is 6.07 Å². The summed E-state index contributed by atoms with van der Waals surface area (Å²) in [5, 5.41) is 2.90. The highest BCUT2D eigenvalue weighted by Crippen LogP contribution is 2.20. The van der Waals surface area contributed by atoms with Crippen molar-refractivity contribution in [3.8, 4) is 0 Å². The molecular formula is C9H10FN3. The predicted molar refractivity (Wildman–Crippen MR) is 50.2 cm³/mol. The lowest BCUT2D eigenvalue weighted by Gasteiger charge is -1.99. The smallest absolute Gasteiger partial charge is 0.203 e. The first kappa shape index (κ1) is 8.04. The van der Waals surface area contributed by atoms with Gasteiger partial charge in [0.25, 0.3) is 0 Å². The third kappa shape index (κ3) is 1.06. The lowest BCUT2D eigenvalue weighted by atomic mass is 10.3. The molecule has 3 nitrogen and oxygen atoms in total. The number of aromatic nitrogens is 2. The maximum atomic E-state index is 13.3. The van der Waals surface area contributed by atoms with Gasteiger partial charge in [-0.2, -0.15) is 0 Å². The Morgan fingerprint density at radius 3 is 2.85 bits per heavy atom. The van der Waals surface area contributed by atoms with E-state index in [1.807, 2.05) is 0 Å². The first-order valence-electron chi connectivity index (χ1n) is 4.02. The fourth-order valence-electron chi connectivity index (χ4n) is 1.44. The molecule has 0 aliphatic rings. The zero-order valence-electron chi connectivity index (χ0n) is 7.50. The molecule has 0 aliphatic heterocycles. The number of benzene rings is 1. The minimum Gasteiger partial charge on any atom is -0.359 e. The molecule has 0 radical (unpaired) electrons. The van der Waals surface area contributed by atoms with E-state index in [0.29, 0.717) is 17.0 Å². The highest BCUT2D eigenvalue weighted by Gasteiger charge is 2.09. The van der Waals surface area contributed by atoms with E-state index < -0.39 is 0 Å². The first-order chi connectivity index (χ1) is 6.24. The van der Waals surface area contributed by atoms with Gasteiger partial charge in [0.1, 0.15) is 11.3 Å². The molecule has 0 atom stereocenters. The average Bonchev–Trinajstić information content (AvgIpc) is 2.44. The fraction of sp³-hybridized carbons (Fsp3) is 0.222. The Kier molecular flexibility index (Phi) is 1.69. The Balaban J connectivity index is 2.85. The highest BCUT2D eigenvalue weighted by atomic mass is 19.1. The summed E-state index contributed by atoms with van der Waals surface area (Å²) < 4.78 is 15.0. The van der Waals surface area contributed by atoms with Crippen molar-refractivity contribution in [1.29, 1.82) is 0 Å². The van der Waals surface area contributed by atoms with E-state index in [1.165, 1.54) is 6.07 Å². The third-order valence-corrected chi connectivity index (χ3v) is 2.07. The van der Waals surface area contributed by atoms with Gasteiger partial charge in [-0.15, -0.1) is 0 Å². The van der Waals surface area contributed by atoms with E-state index in [4.69, 9.17) is 0 Å². The second kappa shape index (κ2) is 2.73. The monoisotopic (exact) mass is 179 g/mol. The molecule has 0 amide bonds. The summed E-state index contributed by atoms with van der Waals surface area (Å²) >= 11 is 0. The summed E-state index contributed by atoms with van der Waals surface area (Å²) in [7, 11) is 3.55. The lowest BCUT2D eigenvalue weighted by molar-refractivity contribution is 0.632. The minimum atomic E-state index is -0.242. The summed E-state index contributed by atoms with van der Waals surface area (Å²) in [5.74, 6) is 0.425. The molecule has 1 heterocycles. The van der Waals surface area contributed by atoms with Gasteiger partial charge in [-0.05, 0) is 12.1 Å². The first-order valence-corrected chi connectivity index (χ1v) is 4.02. The number of fused-ring (bicyclic) bond motifs is 1. The molecule has 0 unspecified atom stereocenters. The summed E-state index contributed by atoms with van der Waals surface area (Å²) in [6.45, 7) is 0. The van der Waals surface area contributed by atoms with Crippen LogP contribution in [0.5, 0.6) is 0 Å². The van der Waals surface area contributed by atoms with Gasteiger partial charge in [-0.25, -0.2) is 9.37 Å². The zero-order valence-corrected chi connectivity index (χ0v) is 7.50. The van der Waals surface area contributed by atoms with Crippen molar-refractivity contribution in [3.05, 3.63) is 24.0 Å². The quantitative estimate of drug-likeness (QED) is 0.722. The number of anilines is 1. The molecule has 0 bridgehead atoms. The second-order valence-corrected chi connectivity index (χ2v) is 2.85. The topological polar surface area (TPSA) is 29.9 Å². The van der Waals surface area contributed by atoms with Crippen molar-refractivity contribution in [2.75, 3.05) is 12.4 Å². The Labute approximate surface area is 75.2 Å². The molecule has 13 heavy (non-hydrogen) atoms. The number of nitrogens with one attached hydrogen (secondary N) is 1. The maximum Gasteiger partial charge on any atom is 0.203 e. The van der Waals surface area contributed by atoms with Gasteiger partial charge in [0, 0.05) is 14.1 Å².